The number of benzene rings is 3. The molecule has 0 N–H and O–H groups in total. The fourth-order valence-electron chi connectivity index (χ4n) is 4.90. The van der Waals surface area contributed by atoms with Crippen molar-refractivity contribution >= 4 is 17.9 Å². The molecule has 0 radical (unpaired) electrons. The normalized spacial score (nSPS) is 16.0. The predicted octanol–water partition coefficient (Wildman–Crippen LogP) is 8.27. The van der Waals surface area contributed by atoms with Crippen LogP contribution in [0.4, 0.5) is 0 Å². The quantitative estimate of drug-likeness (QED) is 0.359. The summed E-state index contributed by atoms with van der Waals surface area (Å²) in [5.74, 6) is 0.480. The van der Waals surface area contributed by atoms with E-state index in [1.807, 2.05) is 6.07 Å². The summed E-state index contributed by atoms with van der Waals surface area (Å²) in [5, 5.41) is 0. The van der Waals surface area contributed by atoms with Gasteiger partial charge >= 0.3 is 181 Å². The molecule has 3 aromatic carbocycles. The van der Waals surface area contributed by atoms with Gasteiger partial charge in [0.15, 0.2) is 0 Å². The Kier molecular flexibility index (Phi) is 6.79. The number of hydrogen-bond acceptors (Lipinski definition) is 0. The van der Waals surface area contributed by atoms with Crippen molar-refractivity contribution in [3.8, 4) is 11.1 Å². The van der Waals surface area contributed by atoms with Gasteiger partial charge in [-0.25, -0.2) is 0 Å². The Morgan fingerprint density at radius 1 is 0.788 bits per heavy atom. The molecule has 0 aromatic heterocycles. The Bertz CT molecular complexity index is 1240. The van der Waals surface area contributed by atoms with E-state index in [0.717, 1.165) is 17.5 Å². The van der Waals surface area contributed by atoms with E-state index in [1.165, 1.54) is 50.0 Å². The first-order valence-corrected chi connectivity index (χ1v) is 11.8. The van der Waals surface area contributed by atoms with Gasteiger partial charge in [-0.15, -0.1) is 0 Å². The molecule has 1 aliphatic carbocycles. The van der Waals surface area contributed by atoms with Gasteiger partial charge in [-0.1, -0.05) is 5.57 Å². The van der Waals surface area contributed by atoms with Crippen molar-refractivity contribution < 1.29 is 0 Å². The molecular weight excluding hydrogens is 395 g/mol. The van der Waals surface area contributed by atoms with Gasteiger partial charge in [0.25, 0.3) is 0 Å². The number of rotatable bonds is 5. The number of allylic oxidation sites excluding steroid dienone is 4. The summed E-state index contributed by atoms with van der Waals surface area (Å²) in [6, 6.07) is 24.0. The van der Waals surface area contributed by atoms with Crippen molar-refractivity contribution in [3.05, 3.63) is 124 Å². The molecule has 0 fully saturated rings. The average molecular weight is 428 g/mol. The monoisotopic (exact) mass is 428 g/mol. The average Bonchev–Trinajstić information content (AvgIpc) is 2.81. The fourth-order valence-corrected chi connectivity index (χ4v) is 4.90. The molecule has 1 atom stereocenters. The fraction of sp³-hybridized carbons (Fsp3) is 0.219. The molecule has 0 aliphatic heterocycles. The first-order valence-electron chi connectivity index (χ1n) is 11.8. The van der Waals surface area contributed by atoms with Gasteiger partial charge in [-0.2, -0.15) is 0 Å². The standard InChI is InChI=1S/C32H33B/c1-21-12-13-30(18-22(21)2)32-23(3)19-31(20-24(32)4)29-16-14-28(15-17-29)26(6)33-25(5)27-10-8-7-9-11-27/h7-12,14-20,30H,6,13H2,1-5H3. The van der Waals surface area contributed by atoms with Crippen LogP contribution in [0.5, 0.6) is 0 Å². The molecule has 0 nitrogen and oxygen atoms in total. The van der Waals surface area contributed by atoms with Crippen molar-refractivity contribution in [1.29, 1.82) is 0 Å². The molecule has 164 valence electrons. The van der Waals surface area contributed by atoms with Crippen LogP contribution in [0.15, 0.2) is 96.6 Å². The van der Waals surface area contributed by atoms with Gasteiger partial charge in [0.2, 0.25) is 0 Å². The van der Waals surface area contributed by atoms with Gasteiger partial charge in [0.05, 0.1) is 0 Å². The maximum atomic E-state index is 4.31. The summed E-state index contributed by atoms with van der Waals surface area (Å²) < 4.78 is 0. The first kappa shape index (κ1) is 23.0. The van der Waals surface area contributed by atoms with Crippen molar-refractivity contribution in [2.24, 2.45) is 0 Å². The van der Waals surface area contributed by atoms with Crippen LogP contribution in [0, 0.1) is 13.8 Å². The molecule has 0 bridgehead atoms. The van der Waals surface area contributed by atoms with Crippen LogP contribution in [0.2, 0.25) is 0 Å². The second-order valence-corrected chi connectivity index (χ2v) is 9.40. The summed E-state index contributed by atoms with van der Waals surface area (Å²) in [6.07, 6.45) is 5.92. The van der Waals surface area contributed by atoms with Gasteiger partial charge in [-0.05, 0) is 13.8 Å². The van der Waals surface area contributed by atoms with Crippen molar-refractivity contribution in [1.82, 2.24) is 0 Å². The van der Waals surface area contributed by atoms with E-state index in [4.69, 9.17) is 0 Å². The number of aryl methyl sites for hydroxylation is 2. The van der Waals surface area contributed by atoms with Crippen molar-refractivity contribution in [3.63, 3.8) is 0 Å². The van der Waals surface area contributed by atoms with Crippen molar-refractivity contribution in [2.45, 2.75) is 47.0 Å². The molecule has 1 unspecified atom stereocenters. The third-order valence-corrected chi connectivity index (χ3v) is 6.92. The van der Waals surface area contributed by atoms with Crippen LogP contribution in [0.1, 0.15) is 60.9 Å². The first-order chi connectivity index (χ1) is 15.8. The van der Waals surface area contributed by atoms with E-state index in [9.17, 15) is 0 Å². The molecule has 0 saturated carbocycles. The van der Waals surface area contributed by atoms with Gasteiger partial charge in [0, 0.05) is 0 Å². The topological polar surface area (TPSA) is 0 Å². The van der Waals surface area contributed by atoms with E-state index in [1.54, 1.807) is 0 Å². The predicted molar refractivity (Wildman–Crippen MR) is 147 cm³/mol. The maximum absolute atomic E-state index is 4.31. The van der Waals surface area contributed by atoms with Crippen LogP contribution in [0.3, 0.4) is 0 Å². The molecule has 3 aromatic rings. The van der Waals surface area contributed by atoms with Crippen molar-refractivity contribution in [2.75, 3.05) is 0 Å². The Morgan fingerprint density at radius 2 is 1.42 bits per heavy atom. The summed E-state index contributed by atoms with van der Waals surface area (Å²) >= 11 is 0. The van der Waals surface area contributed by atoms with Gasteiger partial charge < -0.3 is 0 Å². The van der Waals surface area contributed by atoms with E-state index in [0.29, 0.717) is 5.92 Å². The third-order valence-electron chi connectivity index (χ3n) is 6.92. The second-order valence-electron chi connectivity index (χ2n) is 9.40. The van der Waals surface area contributed by atoms with E-state index < -0.39 is 0 Å². The molecule has 0 amide bonds. The van der Waals surface area contributed by atoms with E-state index in [2.05, 4.69) is 121 Å². The Balaban J connectivity index is 1.56. The molecule has 0 saturated heterocycles. The molecule has 0 heterocycles. The zero-order valence-corrected chi connectivity index (χ0v) is 20.6. The Labute approximate surface area is 200 Å². The molecule has 1 heteroatoms. The SMILES string of the molecule is C=C(B=C(C)c1ccccc1)c1ccc(-c2cc(C)c(C3C=C(C)C(C)=CC3)c(C)c2)cc1. The van der Waals surface area contributed by atoms with E-state index >= 15 is 0 Å². The van der Waals surface area contributed by atoms with Crippen LogP contribution in [-0.4, -0.2) is 12.4 Å². The molecule has 1 aliphatic rings. The minimum atomic E-state index is 0.480. The van der Waals surface area contributed by atoms with Gasteiger partial charge in [0.1, 0.15) is 0 Å². The molecule has 0 spiro atoms. The van der Waals surface area contributed by atoms with Crippen LogP contribution in [0.25, 0.3) is 16.6 Å². The summed E-state index contributed by atoms with van der Waals surface area (Å²) in [4.78, 5) is 0. The third kappa shape index (κ3) is 5.09. The zero-order valence-electron chi connectivity index (χ0n) is 20.6. The molecular formula is C32H33B. The summed E-state index contributed by atoms with van der Waals surface area (Å²) in [7, 11) is 0. The Hall–Kier alpha value is -3.19. The zero-order chi connectivity index (χ0) is 23.5. The second kappa shape index (κ2) is 9.75. The van der Waals surface area contributed by atoms with E-state index in [-0.39, 0.29) is 0 Å². The van der Waals surface area contributed by atoms with Crippen LogP contribution in [-0.2, 0) is 0 Å². The minimum absolute atomic E-state index is 0.480. The summed E-state index contributed by atoms with van der Waals surface area (Å²) in [6.45, 7) is 17.6. The molecule has 33 heavy (non-hydrogen) atoms. The van der Waals surface area contributed by atoms with Crippen LogP contribution < -0.4 is 0 Å². The van der Waals surface area contributed by atoms with Crippen LogP contribution >= 0.6 is 0 Å². The summed E-state index contributed by atoms with van der Waals surface area (Å²) in [5.41, 5.74) is 14.2. The molecule has 4 rings (SSSR count). The number of hydrogen-bond donors (Lipinski definition) is 0. The Morgan fingerprint density at radius 3 is 2.03 bits per heavy atom. The van der Waals surface area contributed by atoms with Gasteiger partial charge in [-0.3, -0.25) is 0 Å².